The lowest BCUT2D eigenvalue weighted by Crippen LogP contribution is -2.49. The number of pyridine rings is 2. The van der Waals surface area contributed by atoms with Gasteiger partial charge in [-0.2, -0.15) is 0 Å². The van der Waals surface area contributed by atoms with E-state index < -0.39 is 0 Å². The Bertz CT molecular complexity index is 1120. The number of hydrogen-bond donors (Lipinski definition) is 1. The van der Waals surface area contributed by atoms with Gasteiger partial charge < -0.3 is 14.6 Å². The highest BCUT2D eigenvalue weighted by atomic mass is 16.3. The first-order valence-corrected chi connectivity index (χ1v) is 9.82. The molecule has 3 aromatic rings. The number of fused-ring (bicyclic) bond motifs is 4. The second kappa shape index (κ2) is 6.88. The van der Waals surface area contributed by atoms with Gasteiger partial charge in [-0.15, -0.1) is 0 Å². The number of carbonyl (C=O) groups is 1. The average molecular weight is 387 g/mol. The van der Waals surface area contributed by atoms with Crippen LogP contribution in [0.5, 0.6) is 5.75 Å². The van der Waals surface area contributed by atoms with Gasteiger partial charge in [0.1, 0.15) is 5.75 Å². The maximum absolute atomic E-state index is 13.0. The standard InChI is InChI=1S/C23H21N3O3/c27-20-5-3-16(4-6-20)23(29)25-12-15-8-19(14-25)21-9-18(10-22(28)26(21)13-15)17-2-1-7-24-11-17/h1-7,9-11,15,19,27H,8,12-14H2/t15-,19+/m0/s1. The zero-order valence-corrected chi connectivity index (χ0v) is 15.9. The molecule has 2 aliphatic heterocycles. The molecular weight excluding hydrogens is 366 g/mol. The number of benzene rings is 1. The average Bonchev–Trinajstić information content (AvgIpc) is 2.75. The van der Waals surface area contributed by atoms with E-state index in [9.17, 15) is 14.7 Å². The van der Waals surface area contributed by atoms with Crippen molar-refractivity contribution in [2.45, 2.75) is 18.9 Å². The van der Waals surface area contributed by atoms with Gasteiger partial charge in [-0.25, -0.2) is 0 Å². The number of aromatic nitrogens is 2. The molecule has 1 saturated heterocycles. The van der Waals surface area contributed by atoms with Gasteiger partial charge in [-0.05, 0) is 54.3 Å². The number of piperidine rings is 1. The second-order valence-corrected chi connectivity index (χ2v) is 7.92. The van der Waals surface area contributed by atoms with E-state index in [1.807, 2.05) is 21.6 Å². The highest BCUT2D eigenvalue weighted by molar-refractivity contribution is 5.94. The van der Waals surface area contributed by atoms with Crippen molar-refractivity contribution in [2.24, 2.45) is 5.92 Å². The molecule has 29 heavy (non-hydrogen) atoms. The number of aromatic hydroxyl groups is 1. The smallest absolute Gasteiger partial charge is 0.253 e. The topological polar surface area (TPSA) is 75.4 Å². The van der Waals surface area contributed by atoms with Gasteiger partial charge in [0.25, 0.3) is 11.5 Å². The number of amides is 1. The van der Waals surface area contributed by atoms with Crippen LogP contribution in [0.3, 0.4) is 0 Å². The molecule has 0 radical (unpaired) electrons. The van der Waals surface area contributed by atoms with E-state index in [1.54, 1.807) is 30.6 Å². The summed E-state index contributed by atoms with van der Waals surface area (Å²) in [6.07, 6.45) is 4.46. The molecule has 5 rings (SSSR count). The molecule has 2 bridgehead atoms. The summed E-state index contributed by atoms with van der Waals surface area (Å²) in [5, 5.41) is 9.47. The van der Waals surface area contributed by atoms with E-state index in [4.69, 9.17) is 0 Å². The van der Waals surface area contributed by atoms with Crippen molar-refractivity contribution in [3.8, 4) is 16.9 Å². The third-order valence-electron chi connectivity index (χ3n) is 5.95. The van der Waals surface area contributed by atoms with Crippen LogP contribution >= 0.6 is 0 Å². The summed E-state index contributed by atoms with van der Waals surface area (Å²) in [5.41, 5.74) is 3.37. The van der Waals surface area contributed by atoms with Crippen LogP contribution in [-0.2, 0) is 6.54 Å². The van der Waals surface area contributed by atoms with Crippen molar-refractivity contribution in [3.63, 3.8) is 0 Å². The first-order chi connectivity index (χ1) is 14.1. The first kappa shape index (κ1) is 17.7. The minimum Gasteiger partial charge on any atom is -0.508 e. The molecule has 6 nitrogen and oxygen atoms in total. The molecule has 146 valence electrons. The Morgan fingerprint density at radius 2 is 1.86 bits per heavy atom. The van der Waals surface area contributed by atoms with Gasteiger partial charge in [0.05, 0.1) is 0 Å². The highest BCUT2D eigenvalue weighted by Crippen LogP contribution is 2.37. The summed E-state index contributed by atoms with van der Waals surface area (Å²) in [5.74, 6) is 0.518. The molecular formula is C23H21N3O3. The van der Waals surface area contributed by atoms with Gasteiger partial charge in [0, 0.05) is 60.8 Å². The van der Waals surface area contributed by atoms with Crippen molar-refractivity contribution in [3.05, 3.63) is 82.5 Å². The first-order valence-electron chi connectivity index (χ1n) is 9.82. The van der Waals surface area contributed by atoms with Crippen LogP contribution < -0.4 is 5.56 Å². The Hall–Kier alpha value is -3.41. The van der Waals surface area contributed by atoms with E-state index in [1.165, 1.54) is 12.1 Å². The van der Waals surface area contributed by atoms with Gasteiger partial charge >= 0.3 is 0 Å². The maximum atomic E-state index is 13.0. The summed E-state index contributed by atoms with van der Waals surface area (Å²) in [6.45, 7) is 1.87. The highest BCUT2D eigenvalue weighted by Gasteiger charge is 2.36. The van der Waals surface area contributed by atoms with Crippen LogP contribution in [0.25, 0.3) is 11.1 Å². The molecule has 0 saturated carbocycles. The molecule has 1 amide bonds. The van der Waals surface area contributed by atoms with E-state index >= 15 is 0 Å². The van der Waals surface area contributed by atoms with E-state index in [-0.39, 0.29) is 29.1 Å². The summed E-state index contributed by atoms with van der Waals surface area (Å²) in [6, 6.07) is 13.9. The Kier molecular flexibility index (Phi) is 4.19. The molecule has 0 aliphatic carbocycles. The number of phenols is 1. The van der Waals surface area contributed by atoms with Crippen molar-refractivity contribution in [1.82, 2.24) is 14.5 Å². The zero-order chi connectivity index (χ0) is 20.0. The lowest BCUT2D eigenvalue weighted by atomic mass is 9.82. The lowest BCUT2D eigenvalue weighted by molar-refractivity contribution is 0.0594. The second-order valence-electron chi connectivity index (χ2n) is 7.92. The largest absolute Gasteiger partial charge is 0.508 e. The molecule has 2 aromatic heterocycles. The molecule has 6 heteroatoms. The number of phenolic OH excluding ortho intramolecular Hbond substituents is 1. The van der Waals surface area contributed by atoms with Gasteiger partial charge in [-0.1, -0.05) is 6.07 Å². The molecule has 1 aromatic carbocycles. The Labute approximate surface area is 168 Å². The molecule has 2 aliphatic rings. The lowest BCUT2D eigenvalue weighted by Gasteiger charge is -2.43. The third-order valence-corrected chi connectivity index (χ3v) is 5.95. The van der Waals surface area contributed by atoms with E-state index in [2.05, 4.69) is 11.1 Å². The van der Waals surface area contributed by atoms with Crippen LogP contribution in [0.2, 0.25) is 0 Å². The van der Waals surface area contributed by atoms with Crippen molar-refractivity contribution in [2.75, 3.05) is 13.1 Å². The fraction of sp³-hybridized carbons (Fsp3) is 0.261. The molecule has 2 atom stereocenters. The van der Waals surface area contributed by atoms with Crippen LogP contribution in [0, 0.1) is 5.92 Å². The quantitative estimate of drug-likeness (QED) is 0.734. The zero-order valence-electron chi connectivity index (χ0n) is 15.9. The normalized spacial score (nSPS) is 20.2. The molecule has 0 unspecified atom stereocenters. The van der Waals surface area contributed by atoms with Crippen LogP contribution in [0.1, 0.15) is 28.4 Å². The number of likely N-dealkylation sites (tertiary alicyclic amines) is 1. The Balaban J connectivity index is 1.48. The number of rotatable bonds is 2. The molecule has 1 fully saturated rings. The molecule has 1 N–H and O–H groups in total. The summed E-state index contributed by atoms with van der Waals surface area (Å²) in [4.78, 5) is 31.8. The Morgan fingerprint density at radius 3 is 2.62 bits per heavy atom. The fourth-order valence-electron chi connectivity index (χ4n) is 4.61. The van der Waals surface area contributed by atoms with Crippen molar-refractivity contribution < 1.29 is 9.90 Å². The fourth-order valence-corrected chi connectivity index (χ4v) is 4.61. The van der Waals surface area contributed by atoms with Gasteiger partial charge in [0.2, 0.25) is 0 Å². The Morgan fingerprint density at radius 1 is 1.03 bits per heavy atom. The van der Waals surface area contributed by atoms with Crippen LogP contribution in [0.4, 0.5) is 0 Å². The molecule has 4 heterocycles. The number of hydrogen-bond acceptors (Lipinski definition) is 4. The summed E-state index contributed by atoms with van der Waals surface area (Å²) < 4.78 is 1.88. The van der Waals surface area contributed by atoms with Gasteiger partial charge in [-0.3, -0.25) is 14.6 Å². The van der Waals surface area contributed by atoms with Crippen LogP contribution in [0.15, 0.2) is 65.7 Å². The minimum atomic E-state index is -0.0288. The van der Waals surface area contributed by atoms with Crippen molar-refractivity contribution >= 4 is 5.91 Å². The molecule has 0 spiro atoms. The predicted octanol–water partition coefficient (Wildman–Crippen LogP) is 2.88. The van der Waals surface area contributed by atoms with Crippen molar-refractivity contribution in [1.29, 1.82) is 0 Å². The minimum absolute atomic E-state index is 0.00867. The number of nitrogens with zero attached hydrogens (tertiary/aromatic N) is 3. The monoisotopic (exact) mass is 387 g/mol. The van der Waals surface area contributed by atoms with E-state index in [0.717, 1.165) is 23.2 Å². The summed E-state index contributed by atoms with van der Waals surface area (Å²) in [7, 11) is 0. The van der Waals surface area contributed by atoms with Crippen LogP contribution in [-0.4, -0.2) is 38.6 Å². The SMILES string of the molecule is O=C(c1ccc(O)cc1)N1C[C@@H]2C[C@H](C1)c1cc(-c3cccnc3)cc(=O)n1C2. The maximum Gasteiger partial charge on any atom is 0.253 e. The number of carbonyl (C=O) groups excluding carboxylic acids is 1. The van der Waals surface area contributed by atoms with Gasteiger partial charge in [0.15, 0.2) is 0 Å². The van der Waals surface area contributed by atoms with E-state index in [0.29, 0.717) is 25.2 Å². The third kappa shape index (κ3) is 3.20. The summed E-state index contributed by atoms with van der Waals surface area (Å²) >= 11 is 0. The predicted molar refractivity (Wildman–Crippen MR) is 109 cm³/mol.